The van der Waals surface area contributed by atoms with Gasteiger partial charge in [-0.05, 0) is 61.4 Å². The number of alkyl halides is 1. The highest BCUT2D eigenvalue weighted by atomic mass is 19.1. The number of benzene rings is 1. The average Bonchev–Trinajstić information content (AvgIpc) is 2.85. The first-order chi connectivity index (χ1) is 16.2. The van der Waals surface area contributed by atoms with Gasteiger partial charge in [-0.15, -0.1) is 0 Å². The molecule has 2 aromatic rings. The molecule has 4 heteroatoms. The number of fused-ring (bicyclic) bond motifs is 1. The van der Waals surface area contributed by atoms with E-state index in [1.165, 1.54) is 69.0 Å². The summed E-state index contributed by atoms with van der Waals surface area (Å²) in [6.45, 7) is 4.60. The summed E-state index contributed by atoms with van der Waals surface area (Å²) in [5, 5.41) is 0. The summed E-state index contributed by atoms with van der Waals surface area (Å²) < 4.78 is 19.8. The van der Waals surface area contributed by atoms with E-state index >= 15 is 0 Å². The van der Waals surface area contributed by atoms with E-state index in [1.54, 1.807) is 0 Å². The Morgan fingerprint density at radius 2 is 1.70 bits per heavy atom. The third kappa shape index (κ3) is 8.72. The Labute approximate surface area is 200 Å². The Morgan fingerprint density at radius 3 is 2.48 bits per heavy atom. The predicted octanol–water partition coefficient (Wildman–Crippen LogP) is 8.30. The quantitative estimate of drug-likeness (QED) is 0.254. The monoisotopic (exact) mass is 454 g/mol. The number of aryl methyl sites for hydroxylation is 1. The molecular weight excluding hydrogens is 411 g/mol. The highest BCUT2D eigenvalue weighted by molar-refractivity contribution is 5.56. The smallest absolute Gasteiger partial charge is 0.159 e. The number of hydrogen-bond acceptors (Lipinski definition) is 3. The maximum Gasteiger partial charge on any atom is 0.159 e. The van der Waals surface area contributed by atoms with Crippen molar-refractivity contribution in [3.05, 3.63) is 41.7 Å². The van der Waals surface area contributed by atoms with E-state index in [-0.39, 0.29) is 6.61 Å². The van der Waals surface area contributed by atoms with Crippen molar-refractivity contribution in [3.8, 4) is 17.1 Å². The lowest BCUT2D eigenvalue weighted by atomic mass is 9.84. The minimum atomic E-state index is -0.898. The first kappa shape index (κ1) is 25.6. The van der Waals surface area contributed by atoms with Crippen molar-refractivity contribution in [2.24, 2.45) is 5.92 Å². The number of unbranched alkanes of at least 4 members (excludes halogenated alkanes) is 7. The molecule has 3 rings (SSSR count). The number of halogens is 1. The van der Waals surface area contributed by atoms with E-state index in [9.17, 15) is 4.39 Å². The number of rotatable bonds is 15. The first-order valence-electron chi connectivity index (χ1n) is 13.4. The summed E-state index contributed by atoms with van der Waals surface area (Å²) >= 11 is 0. The van der Waals surface area contributed by atoms with Gasteiger partial charge in [-0.3, -0.25) is 0 Å². The second kappa shape index (κ2) is 14.3. The number of nitrogens with zero attached hydrogens (tertiary/aromatic N) is 2. The fourth-order valence-electron chi connectivity index (χ4n) is 4.77. The Morgan fingerprint density at radius 1 is 0.970 bits per heavy atom. The van der Waals surface area contributed by atoms with Crippen molar-refractivity contribution in [2.45, 2.75) is 110 Å². The van der Waals surface area contributed by atoms with Crippen LogP contribution in [0.5, 0.6) is 5.75 Å². The molecule has 1 aromatic heterocycles. The van der Waals surface area contributed by atoms with Crippen LogP contribution in [0.4, 0.5) is 4.39 Å². The van der Waals surface area contributed by atoms with Crippen molar-refractivity contribution >= 4 is 0 Å². The topological polar surface area (TPSA) is 35.0 Å². The van der Waals surface area contributed by atoms with Gasteiger partial charge in [0.1, 0.15) is 18.5 Å². The van der Waals surface area contributed by atoms with Gasteiger partial charge < -0.3 is 4.74 Å². The van der Waals surface area contributed by atoms with E-state index < -0.39 is 6.17 Å². The van der Waals surface area contributed by atoms with Crippen molar-refractivity contribution in [1.82, 2.24) is 9.97 Å². The summed E-state index contributed by atoms with van der Waals surface area (Å²) in [7, 11) is 0. The highest BCUT2D eigenvalue weighted by Gasteiger charge is 2.20. The molecule has 182 valence electrons. The first-order valence-corrected chi connectivity index (χ1v) is 13.4. The van der Waals surface area contributed by atoms with Crippen LogP contribution in [0.15, 0.2) is 30.5 Å². The Kier molecular flexibility index (Phi) is 11.1. The molecule has 0 saturated carbocycles. The lowest BCUT2D eigenvalue weighted by Gasteiger charge is -2.23. The fraction of sp³-hybridized carbons (Fsp3) is 0.655. The Balaban J connectivity index is 1.43. The molecule has 0 bridgehead atoms. The summed E-state index contributed by atoms with van der Waals surface area (Å²) in [6, 6.07) is 7.77. The molecule has 1 aliphatic rings. The van der Waals surface area contributed by atoms with Gasteiger partial charge in [-0.1, -0.05) is 78.1 Å². The van der Waals surface area contributed by atoms with Crippen LogP contribution in [0.25, 0.3) is 11.4 Å². The number of ether oxygens (including phenoxy) is 1. The molecule has 1 aliphatic carbocycles. The predicted molar refractivity (Wildman–Crippen MR) is 136 cm³/mol. The minimum absolute atomic E-state index is 0.128. The molecule has 2 atom stereocenters. The standard InChI is InChI=1S/C29H43FN2O/c1-3-5-7-8-9-11-13-26(30)22-33-27-17-15-24(16-18-27)29-31-21-25-20-23(12-10-6-4-2)14-19-28(25)32-29/h15-18,21,23,26H,3-14,19-20,22H2,1-2H3. The molecule has 1 heterocycles. The molecule has 0 aliphatic heterocycles. The molecule has 0 N–H and O–H groups in total. The maximum atomic E-state index is 14.1. The van der Waals surface area contributed by atoms with E-state index in [4.69, 9.17) is 9.72 Å². The minimum Gasteiger partial charge on any atom is -0.491 e. The zero-order chi connectivity index (χ0) is 23.3. The third-order valence-corrected chi connectivity index (χ3v) is 6.88. The zero-order valence-electron chi connectivity index (χ0n) is 20.8. The van der Waals surface area contributed by atoms with Gasteiger partial charge in [0.25, 0.3) is 0 Å². The summed E-state index contributed by atoms with van der Waals surface area (Å²) in [4.78, 5) is 9.51. The fourth-order valence-corrected chi connectivity index (χ4v) is 4.77. The van der Waals surface area contributed by atoms with Crippen LogP contribution in [0.1, 0.15) is 102 Å². The highest BCUT2D eigenvalue weighted by Crippen LogP contribution is 2.29. The maximum absolute atomic E-state index is 14.1. The molecule has 0 spiro atoms. The SMILES string of the molecule is CCCCCCCCC(F)COc1ccc(-c2ncc3c(n2)CCC(CCCCC)C3)cc1. The van der Waals surface area contributed by atoms with E-state index in [0.717, 1.165) is 43.0 Å². The van der Waals surface area contributed by atoms with Crippen LogP contribution < -0.4 is 4.74 Å². The van der Waals surface area contributed by atoms with Crippen molar-refractivity contribution in [3.63, 3.8) is 0 Å². The molecule has 3 nitrogen and oxygen atoms in total. The summed E-state index contributed by atoms with van der Waals surface area (Å²) in [5.41, 5.74) is 3.52. The molecule has 2 unspecified atom stereocenters. The van der Waals surface area contributed by atoms with Gasteiger partial charge in [0.05, 0.1) is 0 Å². The number of hydrogen-bond donors (Lipinski definition) is 0. The van der Waals surface area contributed by atoms with Crippen LogP contribution in [0, 0.1) is 5.92 Å². The second-order valence-electron chi connectivity index (χ2n) is 9.76. The van der Waals surface area contributed by atoms with Gasteiger partial charge >= 0.3 is 0 Å². The molecular formula is C29H43FN2O. The Hall–Kier alpha value is -1.97. The van der Waals surface area contributed by atoms with E-state index in [1.807, 2.05) is 30.5 Å². The van der Waals surface area contributed by atoms with Crippen LogP contribution in [-0.2, 0) is 12.8 Å². The Bertz CT molecular complexity index is 808. The van der Waals surface area contributed by atoms with Gasteiger partial charge in [0.2, 0.25) is 0 Å². The zero-order valence-corrected chi connectivity index (χ0v) is 20.8. The van der Waals surface area contributed by atoms with Crippen LogP contribution >= 0.6 is 0 Å². The molecule has 1 aromatic carbocycles. The van der Waals surface area contributed by atoms with Crippen molar-refractivity contribution in [2.75, 3.05) is 6.61 Å². The summed E-state index contributed by atoms with van der Waals surface area (Å²) in [5.74, 6) is 2.27. The largest absolute Gasteiger partial charge is 0.491 e. The molecule has 0 radical (unpaired) electrons. The van der Waals surface area contributed by atoms with Crippen LogP contribution in [0.2, 0.25) is 0 Å². The normalized spacial score (nSPS) is 16.4. The average molecular weight is 455 g/mol. The summed E-state index contributed by atoms with van der Waals surface area (Å²) in [6.07, 6.45) is 17.5. The van der Waals surface area contributed by atoms with Gasteiger partial charge in [-0.25, -0.2) is 14.4 Å². The van der Waals surface area contributed by atoms with Crippen molar-refractivity contribution in [1.29, 1.82) is 0 Å². The lowest BCUT2D eigenvalue weighted by molar-refractivity contribution is 0.184. The second-order valence-corrected chi connectivity index (χ2v) is 9.76. The van der Waals surface area contributed by atoms with Gasteiger partial charge in [0.15, 0.2) is 5.82 Å². The number of aromatic nitrogens is 2. The van der Waals surface area contributed by atoms with Crippen LogP contribution in [0.3, 0.4) is 0 Å². The lowest BCUT2D eigenvalue weighted by Crippen LogP contribution is -2.16. The van der Waals surface area contributed by atoms with Gasteiger partial charge in [0, 0.05) is 17.5 Å². The molecule has 0 amide bonds. The van der Waals surface area contributed by atoms with E-state index in [0.29, 0.717) is 12.2 Å². The van der Waals surface area contributed by atoms with Crippen LogP contribution in [-0.4, -0.2) is 22.7 Å². The molecule has 0 saturated heterocycles. The molecule has 33 heavy (non-hydrogen) atoms. The van der Waals surface area contributed by atoms with E-state index in [2.05, 4.69) is 18.8 Å². The van der Waals surface area contributed by atoms with Gasteiger partial charge in [-0.2, -0.15) is 0 Å². The third-order valence-electron chi connectivity index (χ3n) is 6.88. The molecule has 0 fully saturated rings. The van der Waals surface area contributed by atoms with Crippen molar-refractivity contribution < 1.29 is 9.13 Å².